The Kier molecular flexibility index (Phi) is 6.41. The Labute approximate surface area is 207 Å². The number of anilines is 1. The Bertz CT molecular complexity index is 1300. The standard InChI is InChI=1S/C23H25ClN4O4S2/c1-32-19-5-2-6-20-21(19)25-23(33-20)27-14-12-26(13-15-27)22(29)18-4-3-11-28(18)34(30,31)17-9-7-16(24)8-10-17/h2,5-10,18H,3-4,11-15H2,1H3. The van der Waals surface area contributed by atoms with Crippen LogP contribution in [0.1, 0.15) is 12.8 Å². The monoisotopic (exact) mass is 520 g/mol. The van der Waals surface area contributed by atoms with E-state index in [0.29, 0.717) is 50.6 Å². The lowest BCUT2D eigenvalue weighted by molar-refractivity contribution is -0.134. The molecule has 5 rings (SSSR count). The number of hydrogen-bond acceptors (Lipinski definition) is 7. The smallest absolute Gasteiger partial charge is 0.243 e. The molecule has 3 heterocycles. The fraction of sp³-hybridized carbons (Fsp3) is 0.391. The number of rotatable bonds is 5. The molecule has 180 valence electrons. The zero-order chi connectivity index (χ0) is 23.9. The van der Waals surface area contributed by atoms with Gasteiger partial charge in [0.25, 0.3) is 0 Å². The van der Waals surface area contributed by atoms with Crippen LogP contribution in [0, 0.1) is 0 Å². The molecule has 2 aliphatic rings. The van der Waals surface area contributed by atoms with Crippen molar-refractivity contribution in [2.75, 3.05) is 44.7 Å². The normalized spacial score (nSPS) is 19.6. The summed E-state index contributed by atoms with van der Waals surface area (Å²) in [7, 11) is -2.13. The minimum absolute atomic E-state index is 0.124. The number of carbonyl (C=O) groups excluding carboxylic acids is 1. The summed E-state index contributed by atoms with van der Waals surface area (Å²) in [4.78, 5) is 22.2. The number of sulfonamides is 1. The first-order valence-corrected chi connectivity index (χ1v) is 13.8. The minimum Gasteiger partial charge on any atom is -0.494 e. The summed E-state index contributed by atoms with van der Waals surface area (Å²) in [6, 6.07) is 11.3. The minimum atomic E-state index is -3.77. The first-order valence-electron chi connectivity index (χ1n) is 11.1. The van der Waals surface area contributed by atoms with Crippen LogP contribution in [-0.2, 0) is 14.8 Å². The molecule has 0 spiro atoms. The molecule has 0 saturated carbocycles. The molecule has 2 aliphatic heterocycles. The maximum atomic E-state index is 13.4. The third kappa shape index (κ3) is 4.24. The van der Waals surface area contributed by atoms with Crippen molar-refractivity contribution < 1.29 is 17.9 Å². The zero-order valence-corrected chi connectivity index (χ0v) is 21.1. The van der Waals surface area contributed by atoms with E-state index in [2.05, 4.69) is 4.90 Å². The van der Waals surface area contributed by atoms with Crippen LogP contribution in [0.15, 0.2) is 47.4 Å². The van der Waals surface area contributed by atoms with Gasteiger partial charge >= 0.3 is 0 Å². The Balaban J connectivity index is 1.28. The van der Waals surface area contributed by atoms with Crippen LogP contribution in [0.3, 0.4) is 0 Å². The second kappa shape index (κ2) is 9.33. The van der Waals surface area contributed by atoms with Crippen molar-refractivity contribution in [3.63, 3.8) is 0 Å². The Hall–Kier alpha value is -2.40. The van der Waals surface area contributed by atoms with Crippen molar-refractivity contribution in [3.05, 3.63) is 47.5 Å². The lowest BCUT2D eigenvalue weighted by Gasteiger charge is -2.37. The highest BCUT2D eigenvalue weighted by Crippen LogP contribution is 2.35. The van der Waals surface area contributed by atoms with Gasteiger partial charge in [-0.2, -0.15) is 4.31 Å². The average Bonchev–Trinajstić information content (AvgIpc) is 3.52. The maximum Gasteiger partial charge on any atom is 0.243 e. The summed E-state index contributed by atoms with van der Waals surface area (Å²) in [6.45, 7) is 2.68. The van der Waals surface area contributed by atoms with Crippen LogP contribution in [0.5, 0.6) is 5.75 Å². The van der Waals surface area contributed by atoms with Gasteiger partial charge in [0.05, 0.1) is 16.7 Å². The van der Waals surface area contributed by atoms with Crippen molar-refractivity contribution in [2.45, 2.75) is 23.8 Å². The van der Waals surface area contributed by atoms with Crippen LogP contribution in [0.25, 0.3) is 10.2 Å². The van der Waals surface area contributed by atoms with Gasteiger partial charge in [-0.3, -0.25) is 4.79 Å². The van der Waals surface area contributed by atoms with Crippen molar-refractivity contribution in [2.24, 2.45) is 0 Å². The van der Waals surface area contributed by atoms with Gasteiger partial charge < -0.3 is 14.5 Å². The lowest BCUT2D eigenvalue weighted by atomic mass is 10.2. The number of para-hydroxylation sites is 1. The molecule has 0 radical (unpaired) electrons. The third-order valence-electron chi connectivity index (χ3n) is 6.36. The summed E-state index contributed by atoms with van der Waals surface area (Å²) in [5, 5.41) is 1.37. The van der Waals surface area contributed by atoms with Crippen LogP contribution in [0.2, 0.25) is 5.02 Å². The van der Waals surface area contributed by atoms with Crippen molar-refractivity contribution in [3.8, 4) is 5.75 Å². The summed E-state index contributed by atoms with van der Waals surface area (Å²) < 4.78 is 34.2. The van der Waals surface area contributed by atoms with Crippen LogP contribution < -0.4 is 9.64 Å². The van der Waals surface area contributed by atoms with Gasteiger partial charge in [-0.15, -0.1) is 0 Å². The van der Waals surface area contributed by atoms with Crippen molar-refractivity contribution >= 4 is 54.2 Å². The first-order chi connectivity index (χ1) is 16.4. The van der Waals surface area contributed by atoms with E-state index >= 15 is 0 Å². The predicted octanol–water partition coefficient (Wildman–Crippen LogP) is 3.46. The fourth-order valence-electron chi connectivity index (χ4n) is 4.56. The SMILES string of the molecule is COc1cccc2sc(N3CCN(C(=O)C4CCCN4S(=O)(=O)c4ccc(Cl)cc4)CC3)nc12. The number of halogens is 1. The van der Waals surface area contributed by atoms with E-state index < -0.39 is 16.1 Å². The largest absolute Gasteiger partial charge is 0.494 e. The molecule has 0 bridgehead atoms. The van der Waals surface area contributed by atoms with Crippen LogP contribution in [-0.4, -0.2) is 74.4 Å². The number of carbonyl (C=O) groups is 1. The maximum absolute atomic E-state index is 13.4. The summed E-state index contributed by atoms with van der Waals surface area (Å²) in [5.74, 6) is 0.623. The molecule has 11 heteroatoms. The van der Waals surface area contributed by atoms with E-state index in [1.165, 1.54) is 16.4 Å². The molecule has 2 aromatic carbocycles. The number of nitrogens with zero attached hydrogens (tertiary/aromatic N) is 4. The van der Waals surface area contributed by atoms with E-state index in [1.807, 2.05) is 18.2 Å². The highest BCUT2D eigenvalue weighted by molar-refractivity contribution is 7.89. The number of hydrogen-bond donors (Lipinski definition) is 0. The van der Waals surface area contributed by atoms with E-state index in [-0.39, 0.29) is 10.8 Å². The average molecular weight is 521 g/mol. The highest BCUT2D eigenvalue weighted by atomic mass is 35.5. The second-order valence-electron chi connectivity index (χ2n) is 8.34. The van der Waals surface area contributed by atoms with E-state index in [1.54, 1.807) is 35.5 Å². The van der Waals surface area contributed by atoms with Crippen LogP contribution in [0.4, 0.5) is 5.13 Å². The molecule has 0 aliphatic carbocycles. The van der Waals surface area contributed by atoms with Gasteiger partial charge in [0.1, 0.15) is 17.3 Å². The molecule has 2 saturated heterocycles. The third-order valence-corrected chi connectivity index (χ3v) is 9.62. The van der Waals surface area contributed by atoms with Crippen molar-refractivity contribution in [1.82, 2.24) is 14.2 Å². The molecular formula is C23H25ClN4O4S2. The highest BCUT2D eigenvalue weighted by Gasteiger charge is 2.41. The molecule has 1 atom stereocenters. The molecule has 8 nitrogen and oxygen atoms in total. The topological polar surface area (TPSA) is 83.0 Å². The summed E-state index contributed by atoms with van der Waals surface area (Å²) in [5.41, 5.74) is 0.845. The number of amides is 1. The number of ether oxygens (including phenoxy) is 1. The number of piperazine rings is 1. The number of thiazole rings is 1. The molecule has 2 fully saturated rings. The lowest BCUT2D eigenvalue weighted by Crippen LogP contribution is -2.54. The van der Waals surface area contributed by atoms with Gasteiger partial charge in [0, 0.05) is 37.7 Å². The Morgan fingerprint density at radius 2 is 1.82 bits per heavy atom. The molecule has 0 N–H and O–H groups in total. The molecule has 1 aromatic heterocycles. The van der Waals surface area contributed by atoms with Gasteiger partial charge in [-0.25, -0.2) is 13.4 Å². The summed E-state index contributed by atoms with van der Waals surface area (Å²) >= 11 is 7.52. The molecular weight excluding hydrogens is 496 g/mol. The van der Waals surface area contributed by atoms with Gasteiger partial charge in [0.2, 0.25) is 15.9 Å². The summed E-state index contributed by atoms with van der Waals surface area (Å²) in [6.07, 6.45) is 1.19. The van der Waals surface area contributed by atoms with Gasteiger partial charge in [0.15, 0.2) is 5.13 Å². The van der Waals surface area contributed by atoms with E-state index in [9.17, 15) is 13.2 Å². The number of fused-ring (bicyclic) bond motifs is 1. The molecule has 1 unspecified atom stereocenters. The molecule has 3 aromatic rings. The number of benzene rings is 2. The Morgan fingerprint density at radius 1 is 1.09 bits per heavy atom. The Morgan fingerprint density at radius 3 is 2.53 bits per heavy atom. The van der Waals surface area contributed by atoms with Crippen molar-refractivity contribution in [1.29, 1.82) is 0 Å². The van der Waals surface area contributed by atoms with E-state index in [0.717, 1.165) is 21.1 Å². The first kappa shape index (κ1) is 23.3. The van der Waals surface area contributed by atoms with E-state index in [4.69, 9.17) is 21.3 Å². The molecule has 1 amide bonds. The fourth-order valence-corrected chi connectivity index (χ4v) is 7.37. The molecule has 34 heavy (non-hydrogen) atoms. The number of aromatic nitrogens is 1. The van der Waals surface area contributed by atoms with Crippen LogP contribution >= 0.6 is 22.9 Å². The number of methoxy groups -OCH3 is 1. The zero-order valence-electron chi connectivity index (χ0n) is 18.7. The quantitative estimate of drug-likeness (QED) is 0.512. The predicted molar refractivity (Wildman–Crippen MR) is 133 cm³/mol. The van der Waals surface area contributed by atoms with Gasteiger partial charge in [-0.1, -0.05) is 29.0 Å². The van der Waals surface area contributed by atoms with Gasteiger partial charge in [-0.05, 0) is 49.2 Å². The second-order valence-corrected chi connectivity index (χ2v) is 11.7.